The van der Waals surface area contributed by atoms with Gasteiger partial charge in [0.2, 0.25) is 0 Å². The van der Waals surface area contributed by atoms with E-state index in [1.165, 1.54) is 108 Å². The van der Waals surface area contributed by atoms with Crippen LogP contribution in [0.15, 0.2) is 24.3 Å². The molecular formula is C23H39. The zero-order valence-corrected chi connectivity index (χ0v) is 15.6. The van der Waals surface area contributed by atoms with Crippen molar-refractivity contribution in [3.05, 3.63) is 35.9 Å². The standard InChI is InChI=1S/C18H29.C5H10/c1-2-3-4-5-6-7-8-9-10-12-15-18-16-13-11-14-17-18;1-2-4-5-3-1/h13-14,16-17H,2-10,12,15H2,1H3;1-5H2. The first-order chi connectivity index (χ1) is 11.4. The predicted octanol–water partition coefficient (Wildman–Crippen LogP) is 7.90. The summed E-state index contributed by atoms with van der Waals surface area (Å²) in [7, 11) is 0. The Morgan fingerprint density at radius 2 is 1.09 bits per heavy atom. The molecule has 0 spiro atoms. The van der Waals surface area contributed by atoms with Gasteiger partial charge in [-0.25, -0.2) is 0 Å². The second-order valence-corrected chi connectivity index (χ2v) is 7.11. The topological polar surface area (TPSA) is 0 Å². The lowest BCUT2D eigenvalue weighted by molar-refractivity contribution is 0.556. The van der Waals surface area contributed by atoms with Gasteiger partial charge in [0.15, 0.2) is 0 Å². The molecule has 1 aromatic rings. The summed E-state index contributed by atoms with van der Waals surface area (Å²) in [5.41, 5.74) is 1.47. The summed E-state index contributed by atoms with van der Waals surface area (Å²) in [5, 5.41) is 0. The number of unbranched alkanes of at least 4 members (excludes halogenated alkanes) is 9. The van der Waals surface area contributed by atoms with E-state index in [2.05, 4.69) is 25.1 Å². The molecule has 0 atom stereocenters. The van der Waals surface area contributed by atoms with Crippen molar-refractivity contribution >= 4 is 0 Å². The lowest BCUT2D eigenvalue weighted by Crippen LogP contribution is -1.86. The van der Waals surface area contributed by atoms with Gasteiger partial charge in [-0.1, -0.05) is 121 Å². The van der Waals surface area contributed by atoms with Crippen LogP contribution in [0.3, 0.4) is 0 Å². The molecule has 1 aromatic carbocycles. The molecule has 0 nitrogen and oxygen atoms in total. The van der Waals surface area contributed by atoms with Crippen molar-refractivity contribution in [2.45, 2.75) is 110 Å². The molecule has 0 heteroatoms. The molecule has 0 aromatic heterocycles. The third-order valence-electron chi connectivity index (χ3n) is 4.86. The highest BCUT2D eigenvalue weighted by Crippen LogP contribution is 2.15. The molecule has 0 aliphatic heterocycles. The lowest BCUT2D eigenvalue weighted by atomic mass is 10.0. The van der Waals surface area contributed by atoms with Gasteiger partial charge in [-0.3, -0.25) is 0 Å². The highest BCUT2D eigenvalue weighted by atomic mass is 14.0. The minimum Gasteiger partial charge on any atom is -0.0654 e. The van der Waals surface area contributed by atoms with Crippen LogP contribution < -0.4 is 0 Å². The average Bonchev–Trinajstić information content (AvgIpc) is 3.17. The van der Waals surface area contributed by atoms with Gasteiger partial charge >= 0.3 is 0 Å². The molecular weight excluding hydrogens is 276 g/mol. The lowest BCUT2D eigenvalue weighted by Gasteiger charge is -2.02. The Labute approximate surface area is 146 Å². The normalized spacial score (nSPS) is 13.6. The third kappa shape index (κ3) is 13.4. The monoisotopic (exact) mass is 315 g/mol. The van der Waals surface area contributed by atoms with E-state index in [1.807, 2.05) is 12.1 Å². The average molecular weight is 316 g/mol. The largest absolute Gasteiger partial charge is 0.0654 e. The molecule has 131 valence electrons. The maximum Gasteiger partial charge on any atom is -0.0184 e. The van der Waals surface area contributed by atoms with Crippen LogP contribution in [0.2, 0.25) is 0 Å². The van der Waals surface area contributed by atoms with Gasteiger partial charge in [0.25, 0.3) is 0 Å². The molecule has 0 unspecified atom stereocenters. The Morgan fingerprint density at radius 3 is 1.57 bits per heavy atom. The van der Waals surface area contributed by atoms with Crippen LogP contribution in [0.4, 0.5) is 0 Å². The van der Waals surface area contributed by atoms with E-state index in [4.69, 9.17) is 0 Å². The minimum atomic E-state index is 1.24. The number of hydrogen-bond donors (Lipinski definition) is 0. The molecule has 1 radical (unpaired) electrons. The van der Waals surface area contributed by atoms with Crippen LogP contribution in [-0.2, 0) is 6.42 Å². The first-order valence-electron chi connectivity index (χ1n) is 10.4. The molecule has 0 bridgehead atoms. The fraction of sp³-hybridized carbons (Fsp3) is 0.739. The highest BCUT2D eigenvalue weighted by Gasteiger charge is 1.95. The van der Waals surface area contributed by atoms with Crippen molar-refractivity contribution in [1.82, 2.24) is 0 Å². The molecule has 23 heavy (non-hydrogen) atoms. The van der Waals surface area contributed by atoms with Crippen molar-refractivity contribution in [1.29, 1.82) is 0 Å². The van der Waals surface area contributed by atoms with Crippen LogP contribution in [0, 0.1) is 6.07 Å². The first-order valence-corrected chi connectivity index (χ1v) is 10.4. The van der Waals surface area contributed by atoms with Gasteiger partial charge in [-0.05, 0) is 24.5 Å². The molecule has 1 fully saturated rings. The number of aryl methyl sites for hydroxylation is 1. The van der Waals surface area contributed by atoms with Crippen molar-refractivity contribution in [2.24, 2.45) is 0 Å². The number of hydrogen-bond acceptors (Lipinski definition) is 0. The van der Waals surface area contributed by atoms with E-state index >= 15 is 0 Å². The Morgan fingerprint density at radius 1 is 0.652 bits per heavy atom. The Balaban J connectivity index is 0.000000446. The first kappa shape index (κ1) is 20.3. The summed E-state index contributed by atoms with van der Waals surface area (Å²) in [6, 6.07) is 11.5. The molecule has 1 aliphatic carbocycles. The zero-order chi connectivity index (χ0) is 16.4. The molecule has 0 amide bonds. The van der Waals surface area contributed by atoms with E-state index in [9.17, 15) is 0 Å². The fourth-order valence-corrected chi connectivity index (χ4v) is 3.29. The second-order valence-electron chi connectivity index (χ2n) is 7.11. The Bertz CT molecular complexity index is 316. The summed E-state index contributed by atoms with van der Waals surface area (Å²) >= 11 is 0. The SMILES string of the molecule is C1CCCC1.CCCCCCCCCCCCc1cc[c]cc1. The van der Waals surface area contributed by atoms with Crippen molar-refractivity contribution in [3.63, 3.8) is 0 Å². The quantitative estimate of drug-likeness (QED) is 0.364. The molecule has 1 saturated carbocycles. The summed E-state index contributed by atoms with van der Waals surface area (Å²) in [4.78, 5) is 0. The van der Waals surface area contributed by atoms with Crippen molar-refractivity contribution in [2.75, 3.05) is 0 Å². The maximum absolute atomic E-state index is 3.07. The van der Waals surface area contributed by atoms with E-state index in [0.717, 1.165) is 0 Å². The van der Waals surface area contributed by atoms with E-state index in [0.29, 0.717) is 0 Å². The van der Waals surface area contributed by atoms with E-state index in [1.54, 1.807) is 0 Å². The van der Waals surface area contributed by atoms with Gasteiger partial charge in [0.1, 0.15) is 0 Å². The van der Waals surface area contributed by atoms with Gasteiger partial charge in [-0.15, -0.1) is 0 Å². The van der Waals surface area contributed by atoms with Crippen molar-refractivity contribution < 1.29 is 0 Å². The summed E-state index contributed by atoms with van der Waals surface area (Å²) in [5.74, 6) is 0. The molecule has 0 saturated heterocycles. The molecule has 0 heterocycles. The van der Waals surface area contributed by atoms with Gasteiger partial charge < -0.3 is 0 Å². The highest BCUT2D eigenvalue weighted by molar-refractivity contribution is 5.13. The summed E-state index contributed by atoms with van der Waals surface area (Å²) in [6.07, 6.45) is 22.9. The van der Waals surface area contributed by atoms with Crippen LogP contribution in [0.5, 0.6) is 0 Å². The Kier molecular flexibility index (Phi) is 14.2. The van der Waals surface area contributed by atoms with Crippen LogP contribution in [0.1, 0.15) is 109 Å². The van der Waals surface area contributed by atoms with Crippen molar-refractivity contribution in [3.8, 4) is 0 Å². The predicted molar refractivity (Wildman–Crippen MR) is 104 cm³/mol. The number of rotatable bonds is 11. The fourth-order valence-electron chi connectivity index (χ4n) is 3.29. The summed E-state index contributed by atoms with van der Waals surface area (Å²) in [6.45, 7) is 2.28. The zero-order valence-electron chi connectivity index (χ0n) is 15.6. The number of benzene rings is 1. The third-order valence-corrected chi connectivity index (χ3v) is 4.86. The van der Waals surface area contributed by atoms with Crippen LogP contribution in [-0.4, -0.2) is 0 Å². The molecule has 2 rings (SSSR count). The minimum absolute atomic E-state index is 1.24. The molecule has 0 N–H and O–H groups in total. The van der Waals surface area contributed by atoms with E-state index < -0.39 is 0 Å². The summed E-state index contributed by atoms with van der Waals surface area (Å²) < 4.78 is 0. The van der Waals surface area contributed by atoms with Gasteiger partial charge in [0, 0.05) is 0 Å². The van der Waals surface area contributed by atoms with Gasteiger partial charge in [-0.2, -0.15) is 0 Å². The van der Waals surface area contributed by atoms with Gasteiger partial charge in [0.05, 0.1) is 0 Å². The van der Waals surface area contributed by atoms with E-state index in [-0.39, 0.29) is 0 Å². The van der Waals surface area contributed by atoms with Crippen LogP contribution in [0.25, 0.3) is 0 Å². The molecule has 1 aliphatic rings. The maximum atomic E-state index is 3.07. The Hall–Kier alpha value is -0.780. The smallest absolute Gasteiger partial charge is 0.0184 e. The second kappa shape index (κ2) is 16.1. The van der Waals surface area contributed by atoms with Crippen LogP contribution >= 0.6 is 0 Å².